The molecule has 0 N–H and O–H groups in total. The quantitative estimate of drug-likeness (QED) is 0.867. The van der Waals surface area contributed by atoms with Gasteiger partial charge in [0.25, 0.3) is 0 Å². The number of fused-ring (bicyclic) bond motifs is 1. The van der Waals surface area contributed by atoms with Crippen molar-refractivity contribution in [3.8, 4) is 28.6 Å². The van der Waals surface area contributed by atoms with Crippen LogP contribution >= 0.6 is 0 Å². The van der Waals surface area contributed by atoms with Crippen molar-refractivity contribution in [1.29, 1.82) is 0 Å². The zero-order valence-electron chi connectivity index (χ0n) is 13.5. The van der Waals surface area contributed by atoms with Crippen molar-refractivity contribution in [1.82, 2.24) is 0 Å². The molecule has 1 aromatic heterocycles. The molecule has 1 aromatic carbocycles. The molecule has 0 saturated carbocycles. The van der Waals surface area contributed by atoms with Gasteiger partial charge in [0.2, 0.25) is 0 Å². The highest BCUT2D eigenvalue weighted by molar-refractivity contribution is 5.67. The van der Waals surface area contributed by atoms with Gasteiger partial charge < -0.3 is 18.6 Å². The van der Waals surface area contributed by atoms with Crippen LogP contribution in [0.15, 0.2) is 39.6 Å². The van der Waals surface area contributed by atoms with E-state index >= 15 is 0 Å². The molecule has 0 unspecified atom stereocenters. The zero-order valence-corrected chi connectivity index (χ0v) is 13.5. The minimum absolute atomic E-state index is 0.417. The summed E-state index contributed by atoms with van der Waals surface area (Å²) in [6.45, 7) is 3.86. The summed E-state index contributed by atoms with van der Waals surface area (Å²) in [5, 5.41) is 0. The molecule has 0 atom stereocenters. The summed E-state index contributed by atoms with van der Waals surface area (Å²) in [7, 11) is 3.12. The van der Waals surface area contributed by atoms with Gasteiger partial charge in [0.05, 0.1) is 14.2 Å². The molecule has 120 valence electrons. The van der Waals surface area contributed by atoms with Crippen molar-refractivity contribution < 1.29 is 18.6 Å². The molecule has 0 saturated heterocycles. The minimum Gasteiger partial charge on any atom is -0.493 e. The zero-order chi connectivity index (χ0) is 16.6. The lowest BCUT2D eigenvalue weighted by molar-refractivity contribution is 0.157. The first kappa shape index (κ1) is 15.2. The van der Waals surface area contributed by atoms with Gasteiger partial charge in [-0.3, -0.25) is 0 Å². The van der Waals surface area contributed by atoms with Gasteiger partial charge in [-0.25, -0.2) is 4.79 Å². The first-order valence-electron chi connectivity index (χ1n) is 7.22. The summed E-state index contributed by atoms with van der Waals surface area (Å²) in [5.41, 5.74) is 0.237. The number of hydrogen-bond acceptors (Lipinski definition) is 5. The smallest absolute Gasteiger partial charge is 0.347 e. The van der Waals surface area contributed by atoms with E-state index in [1.165, 1.54) is 0 Å². The predicted octanol–water partition coefficient (Wildman–Crippen LogP) is 3.51. The summed E-state index contributed by atoms with van der Waals surface area (Å²) in [5.74, 6) is 2.10. The summed E-state index contributed by atoms with van der Waals surface area (Å²) in [6.07, 6.45) is 3.57. The second-order valence-electron chi connectivity index (χ2n) is 5.78. The molecule has 0 aliphatic carbocycles. The van der Waals surface area contributed by atoms with Crippen molar-refractivity contribution in [2.45, 2.75) is 19.4 Å². The maximum Gasteiger partial charge on any atom is 0.347 e. The SMILES string of the molecule is COc1ccc(-c2cc3c(c(=O)o2)C=CC(C)(C)O3)cc1OC. The molecule has 1 aliphatic heterocycles. The van der Waals surface area contributed by atoms with Crippen LogP contribution in [0.1, 0.15) is 19.4 Å². The standard InChI is InChI=1S/C18H18O5/c1-18(2)8-7-12-15(23-18)10-14(22-17(12)19)11-5-6-13(20-3)16(9-11)21-4/h5-10H,1-4H3. The van der Waals surface area contributed by atoms with E-state index in [1.54, 1.807) is 44.6 Å². The fraction of sp³-hybridized carbons (Fsp3) is 0.278. The second-order valence-corrected chi connectivity index (χ2v) is 5.78. The van der Waals surface area contributed by atoms with Crippen molar-refractivity contribution in [2.24, 2.45) is 0 Å². The maximum atomic E-state index is 12.2. The van der Waals surface area contributed by atoms with Crippen LogP contribution in [0.4, 0.5) is 0 Å². The highest BCUT2D eigenvalue weighted by atomic mass is 16.5. The molecule has 5 nitrogen and oxygen atoms in total. The largest absolute Gasteiger partial charge is 0.493 e. The number of ether oxygens (including phenoxy) is 3. The van der Waals surface area contributed by atoms with Gasteiger partial charge in [0, 0.05) is 11.6 Å². The van der Waals surface area contributed by atoms with E-state index in [9.17, 15) is 4.79 Å². The van der Waals surface area contributed by atoms with E-state index in [4.69, 9.17) is 18.6 Å². The van der Waals surface area contributed by atoms with E-state index in [1.807, 2.05) is 19.9 Å². The van der Waals surface area contributed by atoms with Gasteiger partial charge in [0.1, 0.15) is 22.7 Å². The highest BCUT2D eigenvalue weighted by Gasteiger charge is 2.25. The lowest BCUT2D eigenvalue weighted by atomic mass is 10.0. The summed E-state index contributed by atoms with van der Waals surface area (Å²) in [4.78, 5) is 12.2. The van der Waals surface area contributed by atoms with Crippen LogP contribution in [-0.2, 0) is 0 Å². The third-order valence-electron chi connectivity index (χ3n) is 3.64. The average Bonchev–Trinajstić information content (AvgIpc) is 2.52. The number of benzene rings is 1. The maximum absolute atomic E-state index is 12.2. The average molecular weight is 314 g/mol. The molecule has 0 bridgehead atoms. The Labute approximate surface area is 134 Å². The van der Waals surface area contributed by atoms with Crippen molar-refractivity contribution in [3.05, 3.63) is 46.3 Å². The van der Waals surface area contributed by atoms with Crippen LogP contribution in [0.2, 0.25) is 0 Å². The van der Waals surface area contributed by atoms with Crippen molar-refractivity contribution >= 4 is 6.08 Å². The van der Waals surface area contributed by atoms with Crippen LogP contribution in [0.25, 0.3) is 17.4 Å². The van der Waals surface area contributed by atoms with Gasteiger partial charge in [-0.15, -0.1) is 0 Å². The molecule has 0 fully saturated rings. The van der Waals surface area contributed by atoms with Crippen LogP contribution in [0, 0.1) is 0 Å². The Morgan fingerprint density at radius 3 is 2.48 bits per heavy atom. The lowest BCUT2D eigenvalue weighted by Crippen LogP contribution is -2.29. The molecule has 0 spiro atoms. The molecule has 1 aliphatic rings. The Bertz CT molecular complexity index is 830. The van der Waals surface area contributed by atoms with E-state index in [0.717, 1.165) is 0 Å². The molecular formula is C18H18O5. The van der Waals surface area contributed by atoms with Gasteiger partial charge in [-0.2, -0.15) is 0 Å². The van der Waals surface area contributed by atoms with Gasteiger partial charge >= 0.3 is 5.63 Å². The summed E-state index contributed by atoms with van der Waals surface area (Å²) < 4.78 is 21.8. The molecule has 2 heterocycles. The molecule has 5 heteroatoms. The molecule has 23 heavy (non-hydrogen) atoms. The van der Waals surface area contributed by atoms with E-state index < -0.39 is 11.2 Å². The predicted molar refractivity (Wildman–Crippen MR) is 87.3 cm³/mol. The minimum atomic E-state index is -0.463. The number of methoxy groups -OCH3 is 2. The Hall–Kier alpha value is -2.69. The first-order valence-corrected chi connectivity index (χ1v) is 7.22. The van der Waals surface area contributed by atoms with Crippen LogP contribution in [0.5, 0.6) is 17.2 Å². The van der Waals surface area contributed by atoms with E-state index in [-0.39, 0.29) is 0 Å². The fourth-order valence-corrected chi connectivity index (χ4v) is 2.45. The number of hydrogen-bond donors (Lipinski definition) is 0. The Balaban J connectivity index is 2.11. The first-order chi connectivity index (χ1) is 10.9. The molecular weight excluding hydrogens is 296 g/mol. The second kappa shape index (κ2) is 5.50. The highest BCUT2D eigenvalue weighted by Crippen LogP contribution is 2.35. The van der Waals surface area contributed by atoms with Crippen molar-refractivity contribution in [3.63, 3.8) is 0 Å². The van der Waals surface area contributed by atoms with Gasteiger partial charge in [-0.05, 0) is 44.2 Å². The molecule has 2 aromatic rings. The Morgan fingerprint density at radius 1 is 1.04 bits per heavy atom. The number of rotatable bonds is 3. The lowest BCUT2D eigenvalue weighted by Gasteiger charge is -2.27. The third-order valence-corrected chi connectivity index (χ3v) is 3.64. The topological polar surface area (TPSA) is 57.9 Å². The van der Waals surface area contributed by atoms with E-state index in [2.05, 4.69) is 0 Å². The third kappa shape index (κ3) is 2.82. The normalized spacial score (nSPS) is 14.8. The van der Waals surface area contributed by atoms with E-state index in [0.29, 0.717) is 34.1 Å². The van der Waals surface area contributed by atoms with Crippen molar-refractivity contribution in [2.75, 3.05) is 14.2 Å². The van der Waals surface area contributed by atoms with Crippen LogP contribution in [0.3, 0.4) is 0 Å². The van der Waals surface area contributed by atoms with Gasteiger partial charge in [-0.1, -0.05) is 0 Å². The Morgan fingerprint density at radius 2 is 1.78 bits per heavy atom. The van der Waals surface area contributed by atoms with Crippen LogP contribution in [-0.4, -0.2) is 19.8 Å². The van der Waals surface area contributed by atoms with Gasteiger partial charge in [0.15, 0.2) is 11.5 Å². The summed E-state index contributed by atoms with van der Waals surface area (Å²) in [6, 6.07) is 7.05. The molecule has 0 amide bonds. The Kier molecular flexibility index (Phi) is 3.64. The van der Waals surface area contributed by atoms with Crippen LogP contribution < -0.4 is 19.8 Å². The molecule has 0 radical (unpaired) electrons. The molecule has 3 rings (SSSR count). The monoisotopic (exact) mass is 314 g/mol. The fourth-order valence-electron chi connectivity index (χ4n) is 2.45. The summed E-state index contributed by atoms with van der Waals surface area (Å²) >= 11 is 0.